The van der Waals surface area contributed by atoms with Gasteiger partial charge in [0.25, 0.3) is 0 Å². The predicted octanol–water partition coefficient (Wildman–Crippen LogP) is 1.06. The monoisotopic (exact) mass is 239 g/mol. The van der Waals surface area contributed by atoms with Crippen molar-refractivity contribution in [2.45, 2.75) is 19.5 Å². The Bertz CT molecular complexity index is 397. The number of aromatic nitrogens is 1. The maximum absolute atomic E-state index is 11.5. The zero-order valence-corrected chi connectivity index (χ0v) is 9.87. The minimum atomic E-state index is -0.102. The van der Waals surface area contributed by atoms with Gasteiger partial charge >= 0.3 is 0 Å². The third-order valence-corrected chi connectivity index (χ3v) is 2.97. The van der Waals surface area contributed by atoms with E-state index in [0.29, 0.717) is 18.2 Å². The Morgan fingerprint density at radius 2 is 2.44 bits per heavy atom. The molecule has 86 valence electrons. The first-order chi connectivity index (χ1) is 7.66. The van der Waals surface area contributed by atoms with Crippen LogP contribution < -0.4 is 5.32 Å². The van der Waals surface area contributed by atoms with Gasteiger partial charge in [0.05, 0.1) is 11.7 Å². The van der Waals surface area contributed by atoms with Crippen LogP contribution in [0.3, 0.4) is 0 Å². The number of nitrogens with zero attached hydrogens (tertiary/aromatic N) is 2. The van der Waals surface area contributed by atoms with E-state index in [4.69, 9.17) is 11.6 Å². The number of nitrogens with one attached hydrogen (secondary N) is 1. The molecule has 1 aromatic heterocycles. The van der Waals surface area contributed by atoms with Crippen molar-refractivity contribution in [1.29, 1.82) is 0 Å². The zero-order chi connectivity index (χ0) is 11.5. The fourth-order valence-corrected chi connectivity index (χ4v) is 1.97. The number of halogens is 1. The van der Waals surface area contributed by atoms with E-state index in [2.05, 4.69) is 15.2 Å². The average Bonchev–Trinajstić information content (AvgIpc) is 2.25. The Hall–Kier alpha value is -1.13. The Morgan fingerprint density at radius 1 is 1.62 bits per heavy atom. The normalized spacial score (nSPS) is 21.9. The van der Waals surface area contributed by atoms with Gasteiger partial charge in [-0.25, -0.2) is 4.98 Å². The summed E-state index contributed by atoms with van der Waals surface area (Å²) in [5.41, 5.74) is 0.897. The molecule has 2 rings (SSSR count). The second-order valence-electron chi connectivity index (χ2n) is 3.89. The number of rotatable bonds is 2. The molecule has 1 N–H and O–H groups in total. The Kier molecular flexibility index (Phi) is 3.41. The van der Waals surface area contributed by atoms with Crippen LogP contribution in [0, 0.1) is 0 Å². The summed E-state index contributed by atoms with van der Waals surface area (Å²) in [4.78, 5) is 17.8. The van der Waals surface area contributed by atoms with E-state index in [0.717, 1.165) is 12.2 Å². The smallest absolute Gasteiger partial charge is 0.237 e. The molecule has 1 aromatic rings. The molecule has 2 heterocycles. The minimum absolute atomic E-state index is 0.0771. The standard InChI is InChI=1S/C11H14ClN3O/c1-8-11(16)13-5-6-15(8)7-9-3-2-4-10(12)14-9/h2-4,8H,5-7H2,1H3,(H,13,16). The Balaban J connectivity index is 2.06. The van der Waals surface area contributed by atoms with Crippen molar-refractivity contribution in [2.75, 3.05) is 13.1 Å². The summed E-state index contributed by atoms with van der Waals surface area (Å²) in [5.74, 6) is 0.0771. The molecule has 1 amide bonds. The summed E-state index contributed by atoms with van der Waals surface area (Å²) in [6.45, 7) is 4.11. The van der Waals surface area contributed by atoms with Crippen molar-refractivity contribution in [3.05, 3.63) is 29.0 Å². The number of hydrogen-bond acceptors (Lipinski definition) is 3. The van der Waals surface area contributed by atoms with Gasteiger partial charge in [0, 0.05) is 19.6 Å². The van der Waals surface area contributed by atoms with E-state index < -0.39 is 0 Å². The van der Waals surface area contributed by atoms with Gasteiger partial charge in [0.1, 0.15) is 5.15 Å². The van der Waals surface area contributed by atoms with Gasteiger partial charge in [-0.2, -0.15) is 0 Å². The van der Waals surface area contributed by atoms with Gasteiger partial charge in [0.2, 0.25) is 5.91 Å². The fourth-order valence-electron chi connectivity index (χ4n) is 1.79. The molecule has 1 saturated heterocycles. The molecule has 0 aliphatic carbocycles. The number of carbonyl (C=O) groups is 1. The van der Waals surface area contributed by atoms with Crippen LogP contribution in [0.25, 0.3) is 0 Å². The first-order valence-electron chi connectivity index (χ1n) is 5.30. The molecule has 0 aromatic carbocycles. The van der Waals surface area contributed by atoms with Crippen LogP contribution >= 0.6 is 11.6 Å². The first kappa shape index (κ1) is 11.4. The van der Waals surface area contributed by atoms with Crippen molar-refractivity contribution in [3.8, 4) is 0 Å². The van der Waals surface area contributed by atoms with E-state index in [-0.39, 0.29) is 11.9 Å². The van der Waals surface area contributed by atoms with Crippen molar-refractivity contribution in [1.82, 2.24) is 15.2 Å². The van der Waals surface area contributed by atoms with Gasteiger partial charge in [-0.15, -0.1) is 0 Å². The van der Waals surface area contributed by atoms with Gasteiger partial charge in [-0.1, -0.05) is 17.7 Å². The molecule has 5 heteroatoms. The molecule has 0 radical (unpaired) electrons. The lowest BCUT2D eigenvalue weighted by Crippen LogP contribution is -2.53. The average molecular weight is 240 g/mol. The maximum atomic E-state index is 11.5. The largest absolute Gasteiger partial charge is 0.353 e. The molecule has 1 fully saturated rings. The van der Waals surface area contributed by atoms with Crippen LogP contribution in [-0.2, 0) is 11.3 Å². The third-order valence-electron chi connectivity index (χ3n) is 2.76. The number of pyridine rings is 1. The van der Waals surface area contributed by atoms with E-state index in [1.807, 2.05) is 19.1 Å². The second-order valence-corrected chi connectivity index (χ2v) is 4.28. The van der Waals surface area contributed by atoms with E-state index in [1.165, 1.54) is 0 Å². The summed E-state index contributed by atoms with van der Waals surface area (Å²) in [6.07, 6.45) is 0. The van der Waals surface area contributed by atoms with Crippen LogP contribution in [-0.4, -0.2) is 34.9 Å². The summed E-state index contributed by atoms with van der Waals surface area (Å²) in [7, 11) is 0. The number of carbonyl (C=O) groups excluding carboxylic acids is 1. The van der Waals surface area contributed by atoms with Gasteiger partial charge in [-0.05, 0) is 19.1 Å². The highest BCUT2D eigenvalue weighted by Gasteiger charge is 2.25. The molecule has 1 aliphatic heterocycles. The van der Waals surface area contributed by atoms with Crippen molar-refractivity contribution < 1.29 is 4.79 Å². The summed E-state index contributed by atoms with van der Waals surface area (Å²) < 4.78 is 0. The highest BCUT2D eigenvalue weighted by molar-refractivity contribution is 6.29. The molecule has 4 nitrogen and oxygen atoms in total. The van der Waals surface area contributed by atoms with Gasteiger partial charge in [-0.3, -0.25) is 9.69 Å². The van der Waals surface area contributed by atoms with E-state index >= 15 is 0 Å². The van der Waals surface area contributed by atoms with Crippen LogP contribution in [0.2, 0.25) is 5.15 Å². The lowest BCUT2D eigenvalue weighted by Gasteiger charge is -2.32. The van der Waals surface area contributed by atoms with Crippen molar-refractivity contribution in [2.24, 2.45) is 0 Å². The zero-order valence-electron chi connectivity index (χ0n) is 9.11. The molecule has 0 saturated carbocycles. The Morgan fingerprint density at radius 3 is 3.19 bits per heavy atom. The van der Waals surface area contributed by atoms with Crippen LogP contribution in [0.15, 0.2) is 18.2 Å². The summed E-state index contributed by atoms with van der Waals surface area (Å²) >= 11 is 5.82. The third kappa shape index (κ3) is 2.51. The highest BCUT2D eigenvalue weighted by Crippen LogP contribution is 2.11. The lowest BCUT2D eigenvalue weighted by molar-refractivity contribution is -0.128. The molecule has 1 atom stereocenters. The topological polar surface area (TPSA) is 45.2 Å². The van der Waals surface area contributed by atoms with Crippen molar-refractivity contribution >= 4 is 17.5 Å². The van der Waals surface area contributed by atoms with Crippen LogP contribution in [0.4, 0.5) is 0 Å². The Labute approximate surface area is 99.6 Å². The SMILES string of the molecule is CC1C(=O)NCCN1Cc1cccc(Cl)n1. The quantitative estimate of drug-likeness (QED) is 0.785. The summed E-state index contributed by atoms with van der Waals surface area (Å²) in [5, 5.41) is 3.32. The van der Waals surface area contributed by atoms with Crippen LogP contribution in [0.5, 0.6) is 0 Å². The first-order valence-corrected chi connectivity index (χ1v) is 5.68. The number of hydrogen-bond donors (Lipinski definition) is 1. The van der Waals surface area contributed by atoms with E-state index in [9.17, 15) is 4.79 Å². The summed E-state index contributed by atoms with van der Waals surface area (Å²) in [6, 6.07) is 5.44. The van der Waals surface area contributed by atoms with Gasteiger partial charge < -0.3 is 5.32 Å². The molecule has 0 bridgehead atoms. The molecule has 0 spiro atoms. The molecule has 1 aliphatic rings. The number of amides is 1. The lowest BCUT2D eigenvalue weighted by atomic mass is 10.2. The molecule has 16 heavy (non-hydrogen) atoms. The van der Waals surface area contributed by atoms with E-state index in [1.54, 1.807) is 6.07 Å². The highest BCUT2D eigenvalue weighted by atomic mass is 35.5. The minimum Gasteiger partial charge on any atom is -0.353 e. The van der Waals surface area contributed by atoms with Crippen molar-refractivity contribution in [3.63, 3.8) is 0 Å². The predicted molar refractivity (Wildman–Crippen MR) is 62.1 cm³/mol. The fraction of sp³-hybridized carbons (Fsp3) is 0.455. The second kappa shape index (κ2) is 4.80. The molecular weight excluding hydrogens is 226 g/mol. The van der Waals surface area contributed by atoms with Crippen LogP contribution in [0.1, 0.15) is 12.6 Å². The number of piperazine rings is 1. The maximum Gasteiger partial charge on any atom is 0.237 e. The van der Waals surface area contributed by atoms with Gasteiger partial charge in [0.15, 0.2) is 0 Å². The molecular formula is C11H14ClN3O. The molecule has 1 unspecified atom stereocenters.